The molecule has 114 valence electrons. The van der Waals surface area contributed by atoms with Crippen LogP contribution in [0.2, 0.25) is 0 Å². The SMILES string of the molecule is C=CCN(C)C1C2CCC[C@]1(C)c1cc(OC)ccc1C2. The summed E-state index contributed by atoms with van der Waals surface area (Å²) in [6, 6.07) is 7.30. The third-order valence-electron chi connectivity index (χ3n) is 5.68. The first-order valence-electron chi connectivity index (χ1n) is 8.08. The number of likely N-dealkylation sites (N-methyl/N-ethyl adjacent to an activating group) is 1. The third kappa shape index (κ3) is 2.30. The lowest BCUT2D eigenvalue weighted by atomic mass is 9.57. The van der Waals surface area contributed by atoms with Crippen molar-refractivity contribution >= 4 is 0 Å². The molecule has 0 spiro atoms. The molecule has 1 aromatic carbocycles. The molecule has 0 heterocycles. The Balaban J connectivity index is 2.07. The van der Waals surface area contributed by atoms with Crippen molar-refractivity contribution in [3.05, 3.63) is 42.0 Å². The minimum absolute atomic E-state index is 0.239. The van der Waals surface area contributed by atoms with Gasteiger partial charge in [0.25, 0.3) is 0 Å². The molecule has 0 aromatic heterocycles. The number of hydrogen-bond donors (Lipinski definition) is 0. The highest BCUT2D eigenvalue weighted by molar-refractivity contribution is 5.45. The highest BCUT2D eigenvalue weighted by Crippen LogP contribution is 2.51. The molecular formula is C19H27NO. The van der Waals surface area contributed by atoms with Gasteiger partial charge in [-0.3, -0.25) is 4.90 Å². The van der Waals surface area contributed by atoms with Crippen molar-refractivity contribution in [1.82, 2.24) is 4.90 Å². The summed E-state index contributed by atoms with van der Waals surface area (Å²) in [5.41, 5.74) is 3.29. The van der Waals surface area contributed by atoms with Gasteiger partial charge in [0.2, 0.25) is 0 Å². The summed E-state index contributed by atoms with van der Waals surface area (Å²) in [6.45, 7) is 7.35. The van der Waals surface area contributed by atoms with Crippen LogP contribution in [0.1, 0.15) is 37.3 Å². The molecule has 21 heavy (non-hydrogen) atoms. The van der Waals surface area contributed by atoms with E-state index in [1.54, 1.807) is 7.11 Å². The van der Waals surface area contributed by atoms with Gasteiger partial charge in [-0.1, -0.05) is 25.5 Å². The summed E-state index contributed by atoms with van der Waals surface area (Å²) < 4.78 is 5.48. The van der Waals surface area contributed by atoms with E-state index in [-0.39, 0.29) is 5.41 Å². The second-order valence-corrected chi connectivity index (χ2v) is 6.97. The van der Waals surface area contributed by atoms with Gasteiger partial charge in [-0.15, -0.1) is 6.58 Å². The minimum Gasteiger partial charge on any atom is -0.497 e. The zero-order valence-corrected chi connectivity index (χ0v) is 13.6. The Morgan fingerprint density at radius 3 is 3.00 bits per heavy atom. The van der Waals surface area contributed by atoms with Crippen LogP contribution in [-0.2, 0) is 11.8 Å². The fourth-order valence-electron chi connectivity index (χ4n) is 4.90. The number of hydrogen-bond acceptors (Lipinski definition) is 2. The molecule has 3 atom stereocenters. The highest BCUT2D eigenvalue weighted by Gasteiger charge is 2.49. The summed E-state index contributed by atoms with van der Waals surface area (Å²) in [4.78, 5) is 2.51. The standard InChI is InChI=1S/C19H27NO/c1-5-11-20(3)18-15-7-6-10-19(18,2)17-13-16(21-4)9-8-14(17)12-15/h5,8-9,13,15,18H,1,6-7,10-12H2,2-4H3/t15?,18?,19-/m1/s1. The van der Waals surface area contributed by atoms with Crippen LogP contribution in [0.25, 0.3) is 0 Å². The Morgan fingerprint density at radius 2 is 2.29 bits per heavy atom. The van der Waals surface area contributed by atoms with E-state index in [0.717, 1.165) is 18.2 Å². The molecule has 3 rings (SSSR count). The molecule has 2 aliphatic carbocycles. The second-order valence-electron chi connectivity index (χ2n) is 6.97. The predicted molar refractivity (Wildman–Crippen MR) is 88.0 cm³/mol. The van der Waals surface area contributed by atoms with Gasteiger partial charge in [0, 0.05) is 18.0 Å². The topological polar surface area (TPSA) is 12.5 Å². The lowest BCUT2D eigenvalue weighted by molar-refractivity contribution is 0.0532. The van der Waals surface area contributed by atoms with Crippen LogP contribution < -0.4 is 4.74 Å². The van der Waals surface area contributed by atoms with Crippen LogP contribution in [-0.4, -0.2) is 31.6 Å². The smallest absolute Gasteiger partial charge is 0.119 e. The van der Waals surface area contributed by atoms with Gasteiger partial charge >= 0.3 is 0 Å². The van der Waals surface area contributed by atoms with E-state index in [9.17, 15) is 0 Å². The van der Waals surface area contributed by atoms with Gasteiger partial charge in [-0.25, -0.2) is 0 Å². The zero-order valence-electron chi connectivity index (χ0n) is 13.6. The normalized spacial score (nSPS) is 30.9. The van der Waals surface area contributed by atoms with Crippen LogP contribution in [0.3, 0.4) is 0 Å². The van der Waals surface area contributed by atoms with Gasteiger partial charge in [0.1, 0.15) is 5.75 Å². The lowest BCUT2D eigenvalue weighted by Crippen LogP contribution is -2.57. The number of nitrogens with zero attached hydrogens (tertiary/aromatic N) is 1. The molecule has 1 saturated carbocycles. The number of ether oxygens (including phenoxy) is 1. The summed E-state index contributed by atoms with van der Waals surface area (Å²) in [6.07, 6.45) is 7.21. The molecule has 1 fully saturated rings. The molecule has 0 amide bonds. The largest absolute Gasteiger partial charge is 0.497 e. The Morgan fingerprint density at radius 1 is 1.48 bits per heavy atom. The van der Waals surface area contributed by atoms with Gasteiger partial charge in [-0.2, -0.15) is 0 Å². The van der Waals surface area contributed by atoms with Crippen molar-refractivity contribution in [3.8, 4) is 5.75 Å². The molecule has 0 N–H and O–H groups in total. The Bertz CT molecular complexity index is 538. The molecule has 1 aromatic rings. The van der Waals surface area contributed by atoms with Crippen molar-refractivity contribution in [2.45, 2.75) is 44.1 Å². The zero-order chi connectivity index (χ0) is 15.0. The van der Waals surface area contributed by atoms with Crippen molar-refractivity contribution in [1.29, 1.82) is 0 Å². The van der Waals surface area contributed by atoms with Crippen molar-refractivity contribution in [2.24, 2.45) is 5.92 Å². The van der Waals surface area contributed by atoms with Crippen molar-refractivity contribution in [2.75, 3.05) is 20.7 Å². The van der Waals surface area contributed by atoms with E-state index < -0.39 is 0 Å². The Hall–Kier alpha value is -1.28. The maximum Gasteiger partial charge on any atom is 0.119 e. The number of rotatable bonds is 4. The van der Waals surface area contributed by atoms with Crippen molar-refractivity contribution in [3.63, 3.8) is 0 Å². The van der Waals surface area contributed by atoms with Crippen molar-refractivity contribution < 1.29 is 4.74 Å². The first-order valence-corrected chi connectivity index (χ1v) is 8.08. The molecule has 2 aliphatic rings. The molecule has 0 saturated heterocycles. The molecule has 0 aliphatic heterocycles. The van der Waals surface area contributed by atoms with Gasteiger partial charge in [0.15, 0.2) is 0 Å². The molecule has 0 radical (unpaired) electrons. The average Bonchev–Trinajstić information content (AvgIpc) is 2.46. The van der Waals surface area contributed by atoms with Gasteiger partial charge < -0.3 is 4.74 Å². The van der Waals surface area contributed by atoms with E-state index in [4.69, 9.17) is 4.74 Å². The van der Waals surface area contributed by atoms with Crippen LogP contribution in [0.4, 0.5) is 0 Å². The summed E-state index contributed by atoms with van der Waals surface area (Å²) in [7, 11) is 4.02. The monoisotopic (exact) mass is 285 g/mol. The molecule has 2 nitrogen and oxygen atoms in total. The highest BCUT2D eigenvalue weighted by atomic mass is 16.5. The Kier molecular flexibility index (Phi) is 3.83. The van der Waals surface area contributed by atoms with Gasteiger partial charge in [0.05, 0.1) is 7.11 Å². The van der Waals surface area contributed by atoms with E-state index in [1.807, 2.05) is 6.08 Å². The molecule has 2 heteroatoms. The number of benzene rings is 1. The predicted octanol–water partition coefficient (Wildman–Crippen LogP) is 3.80. The third-order valence-corrected chi connectivity index (χ3v) is 5.68. The number of fused-ring (bicyclic) bond motifs is 4. The molecular weight excluding hydrogens is 258 g/mol. The van der Waals surface area contributed by atoms with E-state index in [2.05, 4.69) is 43.6 Å². The van der Waals surface area contributed by atoms with Crippen LogP contribution >= 0.6 is 0 Å². The summed E-state index contributed by atoms with van der Waals surface area (Å²) in [5, 5.41) is 0. The minimum atomic E-state index is 0.239. The quantitative estimate of drug-likeness (QED) is 0.780. The van der Waals surface area contributed by atoms with Crippen LogP contribution in [0.5, 0.6) is 5.75 Å². The lowest BCUT2D eigenvalue weighted by Gasteiger charge is -2.54. The molecule has 2 unspecified atom stereocenters. The maximum absolute atomic E-state index is 5.48. The van der Waals surface area contributed by atoms with E-state index in [1.165, 1.54) is 36.8 Å². The van der Waals surface area contributed by atoms with Gasteiger partial charge in [-0.05, 0) is 55.5 Å². The number of methoxy groups -OCH3 is 1. The van der Waals surface area contributed by atoms with E-state index in [0.29, 0.717) is 6.04 Å². The fourth-order valence-corrected chi connectivity index (χ4v) is 4.90. The summed E-state index contributed by atoms with van der Waals surface area (Å²) >= 11 is 0. The van der Waals surface area contributed by atoms with Crippen LogP contribution in [0, 0.1) is 5.92 Å². The first kappa shape index (κ1) is 14.6. The fraction of sp³-hybridized carbons (Fsp3) is 0.579. The Labute approximate surface area is 128 Å². The summed E-state index contributed by atoms with van der Waals surface area (Å²) in [5.74, 6) is 1.76. The average molecular weight is 285 g/mol. The van der Waals surface area contributed by atoms with E-state index >= 15 is 0 Å². The second kappa shape index (κ2) is 5.49. The molecule has 2 bridgehead atoms. The van der Waals surface area contributed by atoms with Crippen LogP contribution in [0.15, 0.2) is 30.9 Å². The maximum atomic E-state index is 5.48. The first-order chi connectivity index (χ1) is 10.1.